The number of hydrogen-bond acceptors (Lipinski definition) is 3. The Hall–Kier alpha value is -2.67. The zero-order valence-electron chi connectivity index (χ0n) is 15.9. The molecule has 4 nitrogen and oxygen atoms in total. The molecule has 1 fully saturated rings. The number of ether oxygens (including phenoxy) is 2. The molecular formula is C23H26N2O2. The van der Waals surface area contributed by atoms with Crippen molar-refractivity contribution in [1.82, 2.24) is 4.57 Å². The lowest BCUT2D eigenvalue weighted by atomic mass is 9.70. The van der Waals surface area contributed by atoms with Crippen molar-refractivity contribution >= 4 is 6.20 Å². The molecule has 0 radical (unpaired) electrons. The summed E-state index contributed by atoms with van der Waals surface area (Å²) in [5.74, 6) is 1.51. The second-order valence-corrected chi connectivity index (χ2v) is 7.64. The molecule has 2 aliphatic carbocycles. The SMILES string of the molecule is C=Cn1ccc2c1CCC(C#N)(c1ccc(OC)c(OC3CCCC3)c1)C2. The maximum Gasteiger partial charge on any atom is 0.161 e. The van der Waals surface area contributed by atoms with E-state index in [-0.39, 0.29) is 6.10 Å². The Kier molecular flexibility index (Phi) is 4.70. The summed E-state index contributed by atoms with van der Waals surface area (Å²) in [4.78, 5) is 0. The maximum absolute atomic E-state index is 10.1. The molecule has 0 amide bonds. The zero-order chi connectivity index (χ0) is 18.9. The lowest BCUT2D eigenvalue weighted by Gasteiger charge is -2.32. The molecule has 4 rings (SSSR count). The summed E-state index contributed by atoms with van der Waals surface area (Å²) in [5, 5.41) is 10.1. The lowest BCUT2D eigenvalue weighted by Crippen LogP contribution is -2.32. The van der Waals surface area contributed by atoms with Crippen LogP contribution in [0.3, 0.4) is 0 Å². The Morgan fingerprint density at radius 3 is 2.78 bits per heavy atom. The number of benzene rings is 1. The van der Waals surface area contributed by atoms with Gasteiger partial charge in [-0.3, -0.25) is 0 Å². The summed E-state index contributed by atoms with van der Waals surface area (Å²) in [7, 11) is 1.67. The van der Waals surface area contributed by atoms with Gasteiger partial charge in [0.15, 0.2) is 11.5 Å². The highest BCUT2D eigenvalue weighted by molar-refractivity contribution is 5.50. The van der Waals surface area contributed by atoms with Crippen molar-refractivity contribution in [3.8, 4) is 17.6 Å². The van der Waals surface area contributed by atoms with Gasteiger partial charge in [0.1, 0.15) is 0 Å². The fourth-order valence-electron chi connectivity index (χ4n) is 4.55. The van der Waals surface area contributed by atoms with E-state index in [9.17, 15) is 5.26 Å². The van der Waals surface area contributed by atoms with Crippen molar-refractivity contribution in [2.45, 2.75) is 56.5 Å². The minimum Gasteiger partial charge on any atom is -0.493 e. The van der Waals surface area contributed by atoms with Gasteiger partial charge in [0.05, 0.1) is 24.7 Å². The molecule has 0 aliphatic heterocycles. The molecule has 1 heterocycles. The quantitative estimate of drug-likeness (QED) is 0.762. The lowest BCUT2D eigenvalue weighted by molar-refractivity contribution is 0.200. The monoisotopic (exact) mass is 362 g/mol. The Labute approximate surface area is 161 Å². The molecule has 0 N–H and O–H groups in total. The van der Waals surface area contributed by atoms with Crippen LogP contribution in [0, 0.1) is 11.3 Å². The van der Waals surface area contributed by atoms with Gasteiger partial charge in [-0.05, 0) is 74.3 Å². The maximum atomic E-state index is 10.1. The molecule has 27 heavy (non-hydrogen) atoms. The van der Waals surface area contributed by atoms with Crippen LogP contribution < -0.4 is 9.47 Å². The largest absolute Gasteiger partial charge is 0.493 e. The fraction of sp³-hybridized carbons (Fsp3) is 0.435. The molecule has 2 aromatic rings. The number of hydrogen-bond donors (Lipinski definition) is 0. The molecule has 1 saturated carbocycles. The molecule has 140 valence electrons. The van der Waals surface area contributed by atoms with Crippen LogP contribution in [0.15, 0.2) is 37.0 Å². The summed E-state index contributed by atoms with van der Waals surface area (Å²) in [5.41, 5.74) is 3.00. The van der Waals surface area contributed by atoms with E-state index in [2.05, 4.69) is 23.3 Å². The molecule has 1 aromatic carbocycles. The van der Waals surface area contributed by atoms with Gasteiger partial charge in [0, 0.05) is 18.1 Å². The summed E-state index contributed by atoms with van der Waals surface area (Å²) >= 11 is 0. The first-order valence-electron chi connectivity index (χ1n) is 9.76. The average Bonchev–Trinajstić information content (AvgIpc) is 3.36. The predicted octanol–water partition coefficient (Wildman–Crippen LogP) is 4.87. The minimum absolute atomic E-state index is 0.256. The number of nitrogens with zero attached hydrogens (tertiary/aromatic N) is 2. The second kappa shape index (κ2) is 7.15. The van der Waals surface area contributed by atoms with Crippen molar-refractivity contribution < 1.29 is 9.47 Å². The van der Waals surface area contributed by atoms with Crippen LogP contribution in [-0.4, -0.2) is 17.8 Å². The second-order valence-electron chi connectivity index (χ2n) is 7.64. The fourth-order valence-corrected chi connectivity index (χ4v) is 4.55. The number of nitriles is 1. The van der Waals surface area contributed by atoms with Gasteiger partial charge in [0.25, 0.3) is 0 Å². The van der Waals surface area contributed by atoms with Crippen molar-refractivity contribution in [3.05, 3.63) is 53.9 Å². The van der Waals surface area contributed by atoms with Gasteiger partial charge < -0.3 is 14.0 Å². The summed E-state index contributed by atoms with van der Waals surface area (Å²) in [6, 6.07) is 10.8. The normalized spacial score (nSPS) is 22.1. The van der Waals surface area contributed by atoms with Crippen molar-refractivity contribution in [1.29, 1.82) is 5.26 Å². The molecule has 0 spiro atoms. The first-order chi connectivity index (χ1) is 13.2. The molecule has 0 bridgehead atoms. The van der Waals surface area contributed by atoms with E-state index in [1.165, 1.54) is 24.1 Å². The van der Waals surface area contributed by atoms with E-state index < -0.39 is 5.41 Å². The van der Waals surface area contributed by atoms with E-state index in [0.717, 1.165) is 49.2 Å². The Balaban J connectivity index is 1.68. The molecule has 2 aliphatic rings. The highest BCUT2D eigenvalue weighted by atomic mass is 16.5. The molecular weight excluding hydrogens is 336 g/mol. The third kappa shape index (κ3) is 3.12. The van der Waals surface area contributed by atoms with Crippen molar-refractivity contribution in [2.24, 2.45) is 0 Å². The van der Waals surface area contributed by atoms with Crippen molar-refractivity contribution in [2.75, 3.05) is 7.11 Å². The summed E-state index contributed by atoms with van der Waals surface area (Å²) < 4.78 is 13.8. The average molecular weight is 362 g/mol. The van der Waals surface area contributed by atoms with Crippen LogP contribution in [0.25, 0.3) is 6.20 Å². The van der Waals surface area contributed by atoms with Gasteiger partial charge >= 0.3 is 0 Å². The van der Waals surface area contributed by atoms with E-state index in [1.54, 1.807) is 7.11 Å². The first-order valence-corrected chi connectivity index (χ1v) is 9.76. The highest BCUT2D eigenvalue weighted by Crippen LogP contribution is 2.42. The Morgan fingerprint density at radius 2 is 2.07 bits per heavy atom. The number of methoxy groups -OCH3 is 1. The molecule has 1 unspecified atom stereocenters. The molecule has 1 atom stereocenters. The van der Waals surface area contributed by atoms with Gasteiger partial charge in [-0.25, -0.2) is 0 Å². The van der Waals surface area contributed by atoms with Crippen LogP contribution in [-0.2, 0) is 18.3 Å². The smallest absolute Gasteiger partial charge is 0.161 e. The molecule has 1 aromatic heterocycles. The number of aromatic nitrogens is 1. The highest BCUT2D eigenvalue weighted by Gasteiger charge is 2.38. The zero-order valence-corrected chi connectivity index (χ0v) is 15.9. The summed E-state index contributed by atoms with van der Waals surface area (Å²) in [6.07, 6.45) is 11.1. The topological polar surface area (TPSA) is 47.2 Å². The molecule has 0 saturated heterocycles. The van der Waals surface area contributed by atoms with Crippen molar-refractivity contribution in [3.63, 3.8) is 0 Å². The van der Waals surface area contributed by atoms with Crippen LogP contribution in [0.1, 0.15) is 48.9 Å². The first kappa shape index (κ1) is 17.7. The Morgan fingerprint density at radius 1 is 1.26 bits per heavy atom. The van der Waals surface area contributed by atoms with E-state index in [1.807, 2.05) is 30.6 Å². The third-order valence-corrected chi connectivity index (χ3v) is 6.12. The number of fused-ring (bicyclic) bond motifs is 1. The Bertz CT molecular complexity index is 886. The van der Waals surface area contributed by atoms with Gasteiger partial charge in [-0.1, -0.05) is 12.6 Å². The molecule has 4 heteroatoms. The van der Waals surface area contributed by atoms with Crippen LogP contribution in [0.2, 0.25) is 0 Å². The summed E-state index contributed by atoms with van der Waals surface area (Å²) in [6.45, 7) is 3.87. The minimum atomic E-state index is -0.527. The third-order valence-electron chi connectivity index (χ3n) is 6.12. The predicted molar refractivity (Wildman–Crippen MR) is 106 cm³/mol. The van der Waals surface area contributed by atoms with Crippen LogP contribution >= 0.6 is 0 Å². The van der Waals surface area contributed by atoms with E-state index in [0.29, 0.717) is 0 Å². The number of rotatable bonds is 5. The van der Waals surface area contributed by atoms with Gasteiger partial charge in [0.2, 0.25) is 0 Å². The standard InChI is InChI=1S/C23H26N2O2/c1-3-25-13-11-17-15-23(16-24,12-10-20(17)25)18-8-9-21(26-2)22(14-18)27-19-6-4-5-7-19/h3,8-9,11,13-14,19H,1,4-7,10,12,15H2,2H3. The van der Waals surface area contributed by atoms with E-state index in [4.69, 9.17) is 9.47 Å². The van der Waals surface area contributed by atoms with Crippen LogP contribution in [0.5, 0.6) is 11.5 Å². The van der Waals surface area contributed by atoms with Gasteiger partial charge in [-0.2, -0.15) is 5.26 Å². The van der Waals surface area contributed by atoms with Gasteiger partial charge in [-0.15, -0.1) is 0 Å². The van der Waals surface area contributed by atoms with Crippen LogP contribution in [0.4, 0.5) is 0 Å². The van der Waals surface area contributed by atoms with E-state index >= 15 is 0 Å².